The Hall–Kier alpha value is -1.60. The summed E-state index contributed by atoms with van der Waals surface area (Å²) in [6.45, 7) is 7.84. The van der Waals surface area contributed by atoms with Gasteiger partial charge < -0.3 is 5.11 Å². The molecular formula is C18H25F2N3OS. The summed E-state index contributed by atoms with van der Waals surface area (Å²) in [4.78, 5) is 4.03. The Morgan fingerprint density at radius 2 is 2.00 bits per heavy atom. The van der Waals surface area contributed by atoms with Gasteiger partial charge in [0.25, 0.3) is 0 Å². The number of nitrogens with one attached hydrogen (secondary N) is 1. The summed E-state index contributed by atoms with van der Waals surface area (Å²) in [7, 11) is 0. The fraction of sp³-hybridized carbons (Fsp3) is 0.556. The van der Waals surface area contributed by atoms with Crippen LogP contribution in [0.3, 0.4) is 0 Å². The Morgan fingerprint density at radius 3 is 2.52 bits per heavy atom. The number of aliphatic hydroxyl groups is 1. The maximum atomic E-state index is 13.9. The van der Waals surface area contributed by atoms with Gasteiger partial charge in [-0.15, -0.1) is 0 Å². The third kappa shape index (κ3) is 4.95. The van der Waals surface area contributed by atoms with Crippen LogP contribution in [0.15, 0.2) is 24.5 Å². The van der Waals surface area contributed by atoms with E-state index in [0.717, 1.165) is 6.07 Å². The molecule has 0 aliphatic rings. The summed E-state index contributed by atoms with van der Waals surface area (Å²) < 4.78 is 29.0. The van der Waals surface area contributed by atoms with E-state index in [9.17, 15) is 13.9 Å². The van der Waals surface area contributed by atoms with Crippen LogP contribution in [-0.2, 0) is 6.42 Å². The molecule has 25 heavy (non-hydrogen) atoms. The van der Waals surface area contributed by atoms with Crippen LogP contribution < -0.4 is 0 Å². The van der Waals surface area contributed by atoms with E-state index in [1.807, 2.05) is 27.7 Å². The minimum Gasteiger partial charge on any atom is -0.390 e. The van der Waals surface area contributed by atoms with Gasteiger partial charge in [-0.3, -0.25) is 9.78 Å². The summed E-state index contributed by atoms with van der Waals surface area (Å²) >= 11 is 5.23. The molecule has 1 aromatic heterocycles. The number of aromatic amines is 1. The van der Waals surface area contributed by atoms with Gasteiger partial charge in [0, 0.05) is 6.07 Å². The zero-order valence-corrected chi connectivity index (χ0v) is 15.8. The average Bonchev–Trinajstić information content (AvgIpc) is 2.92. The lowest BCUT2D eigenvalue weighted by molar-refractivity contribution is 0.00386. The molecule has 0 aliphatic heterocycles. The highest BCUT2D eigenvalue weighted by Gasteiger charge is 2.33. The molecule has 0 aliphatic carbocycles. The van der Waals surface area contributed by atoms with Crippen molar-refractivity contribution in [1.29, 1.82) is 0 Å². The van der Waals surface area contributed by atoms with E-state index in [1.54, 1.807) is 4.68 Å². The van der Waals surface area contributed by atoms with Gasteiger partial charge in [0.2, 0.25) is 4.77 Å². The average molecular weight is 369 g/mol. The number of hydrogen-bond acceptors (Lipinski definition) is 3. The van der Waals surface area contributed by atoms with Gasteiger partial charge in [0.05, 0.1) is 12.1 Å². The Kier molecular flexibility index (Phi) is 6.11. The first-order valence-electron chi connectivity index (χ1n) is 8.33. The molecule has 3 atom stereocenters. The number of benzene rings is 1. The lowest BCUT2D eigenvalue weighted by Gasteiger charge is -2.34. The van der Waals surface area contributed by atoms with Crippen LogP contribution >= 0.6 is 12.2 Å². The van der Waals surface area contributed by atoms with Gasteiger partial charge in [-0.2, -0.15) is 0 Å². The van der Waals surface area contributed by atoms with E-state index in [1.165, 1.54) is 18.5 Å². The van der Waals surface area contributed by atoms with Crippen LogP contribution in [0.5, 0.6) is 0 Å². The quantitative estimate of drug-likeness (QED) is 0.741. The van der Waals surface area contributed by atoms with Gasteiger partial charge in [-0.1, -0.05) is 33.8 Å². The van der Waals surface area contributed by atoms with E-state index in [0.29, 0.717) is 23.2 Å². The van der Waals surface area contributed by atoms with Crippen molar-refractivity contribution >= 4 is 12.2 Å². The molecule has 0 radical (unpaired) electrons. The van der Waals surface area contributed by atoms with Crippen LogP contribution in [0.25, 0.3) is 0 Å². The number of halogens is 2. The van der Waals surface area contributed by atoms with Crippen molar-refractivity contribution < 1.29 is 13.9 Å². The van der Waals surface area contributed by atoms with Gasteiger partial charge in [0.1, 0.15) is 18.0 Å². The predicted octanol–water partition coefficient (Wildman–Crippen LogP) is 4.44. The van der Waals surface area contributed by atoms with E-state index < -0.39 is 17.7 Å². The van der Waals surface area contributed by atoms with Crippen LogP contribution in [0.1, 0.15) is 45.7 Å². The molecule has 2 rings (SSSR count). The van der Waals surface area contributed by atoms with Gasteiger partial charge >= 0.3 is 0 Å². The summed E-state index contributed by atoms with van der Waals surface area (Å²) in [5, 5.41) is 13.8. The minimum atomic E-state index is -0.667. The van der Waals surface area contributed by atoms with Crippen molar-refractivity contribution in [2.45, 2.75) is 52.7 Å². The minimum absolute atomic E-state index is 0.0483. The van der Waals surface area contributed by atoms with E-state index in [-0.39, 0.29) is 17.4 Å². The second-order valence-electron chi connectivity index (χ2n) is 7.70. The fourth-order valence-electron chi connectivity index (χ4n) is 3.01. The van der Waals surface area contributed by atoms with Crippen molar-refractivity contribution in [2.75, 3.05) is 0 Å². The second-order valence-corrected chi connectivity index (χ2v) is 8.06. The number of nitrogens with zero attached hydrogens (tertiary/aromatic N) is 2. The van der Waals surface area contributed by atoms with Crippen LogP contribution in [0.4, 0.5) is 8.78 Å². The van der Waals surface area contributed by atoms with Crippen molar-refractivity contribution in [2.24, 2.45) is 11.3 Å². The van der Waals surface area contributed by atoms with E-state index >= 15 is 0 Å². The summed E-state index contributed by atoms with van der Waals surface area (Å²) in [5.41, 5.74) is 0.108. The first kappa shape index (κ1) is 19.7. The van der Waals surface area contributed by atoms with Crippen molar-refractivity contribution in [1.82, 2.24) is 14.8 Å². The van der Waals surface area contributed by atoms with Gasteiger partial charge in [0.15, 0.2) is 0 Å². The molecule has 0 bridgehead atoms. The largest absolute Gasteiger partial charge is 0.390 e. The SMILES string of the molecule is C[C@H](Cc1ccc(F)cc1F)C[C@H]([C@H](O)C(C)(C)C)n1[nH]cnc1=S. The van der Waals surface area contributed by atoms with Crippen LogP contribution in [-0.4, -0.2) is 26.0 Å². The molecule has 4 nitrogen and oxygen atoms in total. The van der Waals surface area contributed by atoms with E-state index in [2.05, 4.69) is 10.1 Å². The Labute approximate surface area is 151 Å². The molecule has 2 N–H and O–H groups in total. The molecular weight excluding hydrogens is 344 g/mol. The zero-order valence-electron chi connectivity index (χ0n) is 15.0. The highest BCUT2D eigenvalue weighted by Crippen LogP contribution is 2.33. The lowest BCUT2D eigenvalue weighted by atomic mass is 9.81. The third-order valence-corrected chi connectivity index (χ3v) is 4.69. The topological polar surface area (TPSA) is 53.8 Å². The van der Waals surface area contributed by atoms with Crippen molar-refractivity contribution in [3.05, 3.63) is 46.5 Å². The Balaban J connectivity index is 2.21. The lowest BCUT2D eigenvalue weighted by Crippen LogP contribution is -2.37. The maximum absolute atomic E-state index is 13.9. The molecule has 1 aromatic carbocycles. The fourth-order valence-corrected chi connectivity index (χ4v) is 3.25. The highest BCUT2D eigenvalue weighted by molar-refractivity contribution is 7.71. The number of aliphatic hydroxyl groups excluding tert-OH is 1. The summed E-state index contributed by atoms with van der Waals surface area (Å²) in [6.07, 6.45) is 1.85. The maximum Gasteiger partial charge on any atom is 0.216 e. The van der Waals surface area contributed by atoms with E-state index in [4.69, 9.17) is 12.2 Å². The Bertz CT molecular complexity index is 766. The number of aromatic nitrogens is 3. The molecule has 7 heteroatoms. The summed E-state index contributed by atoms with van der Waals surface area (Å²) in [5.74, 6) is -1.08. The molecule has 138 valence electrons. The first-order valence-corrected chi connectivity index (χ1v) is 8.74. The van der Waals surface area contributed by atoms with Gasteiger partial charge in [-0.05, 0) is 48.0 Å². The summed E-state index contributed by atoms with van der Waals surface area (Å²) in [6, 6.07) is 3.32. The second kappa shape index (κ2) is 7.74. The molecule has 0 unspecified atom stereocenters. The monoisotopic (exact) mass is 369 g/mol. The Morgan fingerprint density at radius 1 is 1.32 bits per heavy atom. The molecule has 0 saturated heterocycles. The smallest absolute Gasteiger partial charge is 0.216 e. The number of rotatable bonds is 6. The predicted molar refractivity (Wildman–Crippen MR) is 95.8 cm³/mol. The first-order chi connectivity index (χ1) is 11.6. The molecule has 1 heterocycles. The molecule has 0 saturated carbocycles. The number of H-pyrrole nitrogens is 1. The standard InChI is InChI=1S/C18H25F2N3OS/c1-11(7-12-5-6-13(19)9-14(12)20)8-15(16(24)18(2,3)4)23-17(25)21-10-22-23/h5-6,9-11,15-16,24H,7-8H2,1-4H3,(H,21,22,25)/t11-,15-,16+/m1/s1. The van der Waals surface area contributed by atoms with Crippen molar-refractivity contribution in [3.63, 3.8) is 0 Å². The highest BCUT2D eigenvalue weighted by atomic mass is 32.1. The number of hydrogen-bond donors (Lipinski definition) is 2. The molecule has 0 fully saturated rings. The van der Waals surface area contributed by atoms with Crippen LogP contribution in [0, 0.1) is 27.7 Å². The van der Waals surface area contributed by atoms with Crippen molar-refractivity contribution in [3.8, 4) is 0 Å². The third-order valence-electron chi connectivity index (χ3n) is 4.39. The zero-order chi connectivity index (χ0) is 18.8. The molecule has 0 amide bonds. The van der Waals surface area contributed by atoms with Crippen LogP contribution in [0.2, 0.25) is 0 Å². The normalized spacial score (nSPS) is 15.8. The van der Waals surface area contributed by atoms with Gasteiger partial charge in [-0.25, -0.2) is 13.8 Å². The molecule has 2 aromatic rings. The molecule has 0 spiro atoms.